The number of nitrogens with one attached hydrogen (secondary N) is 1. The lowest BCUT2D eigenvalue weighted by atomic mass is 10.1. The van der Waals surface area contributed by atoms with Crippen molar-refractivity contribution in [2.75, 3.05) is 13.2 Å². The first-order valence-corrected chi connectivity index (χ1v) is 6.53. The second kappa shape index (κ2) is 5.16. The molecule has 2 rings (SSSR count). The van der Waals surface area contributed by atoms with Crippen molar-refractivity contribution in [2.24, 2.45) is 0 Å². The second-order valence-electron chi connectivity index (χ2n) is 4.36. The van der Waals surface area contributed by atoms with E-state index in [1.54, 1.807) is 0 Å². The quantitative estimate of drug-likeness (QED) is 0.836. The minimum absolute atomic E-state index is 0.0999. The third-order valence-electron chi connectivity index (χ3n) is 3.03. The van der Waals surface area contributed by atoms with Gasteiger partial charge in [-0.2, -0.15) is 0 Å². The number of rotatable bonds is 2. The van der Waals surface area contributed by atoms with Gasteiger partial charge in [0.15, 0.2) is 0 Å². The number of ether oxygens (including phenoxy) is 1. The van der Waals surface area contributed by atoms with Gasteiger partial charge in [-0.1, -0.05) is 0 Å². The van der Waals surface area contributed by atoms with Gasteiger partial charge in [0.05, 0.1) is 23.6 Å². The molecular weight excluding hydrogens is 238 g/mol. The zero-order valence-corrected chi connectivity index (χ0v) is 10.8. The van der Waals surface area contributed by atoms with Crippen molar-refractivity contribution in [3.63, 3.8) is 0 Å². The first kappa shape index (κ1) is 12.5. The summed E-state index contributed by atoms with van der Waals surface area (Å²) in [6.45, 7) is 4.88. The van der Waals surface area contributed by atoms with E-state index in [9.17, 15) is 9.90 Å². The summed E-state index contributed by atoms with van der Waals surface area (Å²) in [5.74, 6) is -0.0999. The molecule has 2 N–H and O–H groups in total. The van der Waals surface area contributed by atoms with Crippen LogP contribution in [-0.2, 0) is 4.74 Å². The summed E-state index contributed by atoms with van der Waals surface area (Å²) in [5.41, 5.74) is 1.13. The number of aliphatic hydroxyl groups is 1. The molecule has 1 aromatic rings. The lowest BCUT2D eigenvalue weighted by Gasteiger charge is -2.28. The van der Waals surface area contributed by atoms with Crippen molar-refractivity contribution in [2.45, 2.75) is 32.4 Å². The average Bonchev–Trinajstić information content (AvgIpc) is 2.63. The molecule has 0 bridgehead atoms. The van der Waals surface area contributed by atoms with Gasteiger partial charge in [-0.05, 0) is 31.9 Å². The zero-order chi connectivity index (χ0) is 12.4. The number of hydrogen-bond donors (Lipinski definition) is 2. The Morgan fingerprint density at radius 3 is 2.94 bits per heavy atom. The fraction of sp³-hybridized carbons (Fsp3) is 0.583. The number of thiophene rings is 1. The molecule has 0 spiro atoms. The molecule has 1 fully saturated rings. The number of carbonyl (C=O) groups excluding carboxylic acids is 1. The van der Waals surface area contributed by atoms with E-state index in [2.05, 4.69) is 5.32 Å². The molecule has 94 valence electrons. The van der Waals surface area contributed by atoms with Gasteiger partial charge in [0.1, 0.15) is 0 Å². The average molecular weight is 255 g/mol. The van der Waals surface area contributed by atoms with Crippen LogP contribution in [0, 0.1) is 13.8 Å². The summed E-state index contributed by atoms with van der Waals surface area (Å²) in [7, 11) is 0. The highest BCUT2D eigenvalue weighted by atomic mass is 32.1. The number of carbonyl (C=O) groups is 1. The summed E-state index contributed by atoms with van der Waals surface area (Å²) in [4.78, 5) is 13.8. The van der Waals surface area contributed by atoms with Crippen LogP contribution in [0.1, 0.15) is 26.5 Å². The molecule has 4 nitrogen and oxygen atoms in total. The lowest BCUT2D eigenvalue weighted by molar-refractivity contribution is -0.0260. The van der Waals surface area contributed by atoms with Gasteiger partial charge in [-0.15, -0.1) is 11.3 Å². The summed E-state index contributed by atoms with van der Waals surface area (Å²) < 4.78 is 5.12. The van der Waals surface area contributed by atoms with E-state index >= 15 is 0 Å². The Hall–Kier alpha value is -0.910. The van der Waals surface area contributed by atoms with Crippen molar-refractivity contribution in [3.05, 3.63) is 21.4 Å². The fourth-order valence-corrected chi connectivity index (χ4v) is 2.75. The Bertz CT molecular complexity index is 396. The second-order valence-corrected chi connectivity index (χ2v) is 5.62. The zero-order valence-electron chi connectivity index (χ0n) is 10.0. The van der Waals surface area contributed by atoms with Crippen LogP contribution in [0.25, 0.3) is 0 Å². The highest BCUT2D eigenvalue weighted by molar-refractivity contribution is 7.14. The molecule has 1 saturated heterocycles. The predicted molar refractivity (Wildman–Crippen MR) is 66.5 cm³/mol. The summed E-state index contributed by atoms with van der Waals surface area (Å²) in [5, 5.41) is 12.6. The summed E-state index contributed by atoms with van der Waals surface area (Å²) in [6.07, 6.45) is 0.0610. The van der Waals surface area contributed by atoms with Crippen LogP contribution < -0.4 is 5.32 Å². The molecule has 5 heteroatoms. The third kappa shape index (κ3) is 2.86. The maximum atomic E-state index is 12.0. The standard InChI is InChI=1S/C12H17NO3S/c1-7-5-11(17-8(7)2)12(15)13-9-3-4-16-6-10(9)14/h5,9-10,14H,3-4,6H2,1-2H3,(H,13,15)/t9-,10-/m1/s1. The molecule has 2 atom stereocenters. The van der Waals surface area contributed by atoms with Crippen LogP contribution in [0.2, 0.25) is 0 Å². The minimum atomic E-state index is -0.602. The van der Waals surface area contributed by atoms with Crippen molar-refractivity contribution >= 4 is 17.2 Å². The van der Waals surface area contributed by atoms with Gasteiger partial charge in [0, 0.05) is 11.5 Å². The van der Waals surface area contributed by atoms with Crippen LogP contribution in [0.4, 0.5) is 0 Å². The molecule has 0 unspecified atom stereocenters. The van der Waals surface area contributed by atoms with Gasteiger partial charge < -0.3 is 15.2 Å². The normalized spacial score (nSPS) is 24.6. The molecule has 1 aromatic heterocycles. The van der Waals surface area contributed by atoms with E-state index in [4.69, 9.17) is 4.74 Å². The van der Waals surface area contributed by atoms with E-state index in [0.29, 0.717) is 24.5 Å². The lowest BCUT2D eigenvalue weighted by Crippen LogP contribution is -2.48. The Morgan fingerprint density at radius 2 is 2.35 bits per heavy atom. The molecule has 0 radical (unpaired) electrons. The van der Waals surface area contributed by atoms with Gasteiger partial charge in [0.2, 0.25) is 0 Å². The largest absolute Gasteiger partial charge is 0.389 e. The van der Waals surface area contributed by atoms with Crippen molar-refractivity contribution in [3.8, 4) is 0 Å². The molecular formula is C12H17NO3S. The Labute approximate surface area is 105 Å². The molecule has 0 aromatic carbocycles. The van der Waals surface area contributed by atoms with E-state index in [1.165, 1.54) is 11.3 Å². The number of amides is 1. The van der Waals surface area contributed by atoms with Crippen molar-refractivity contribution in [1.82, 2.24) is 5.32 Å². The Balaban J connectivity index is 2.01. The number of hydrogen-bond acceptors (Lipinski definition) is 4. The van der Waals surface area contributed by atoms with E-state index in [1.807, 2.05) is 19.9 Å². The van der Waals surface area contributed by atoms with Crippen molar-refractivity contribution < 1.29 is 14.6 Å². The van der Waals surface area contributed by atoms with Crippen LogP contribution in [0.5, 0.6) is 0 Å². The Morgan fingerprint density at radius 1 is 1.59 bits per heavy atom. The van der Waals surface area contributed by atoms with Gasteiger partial charge >= 0.3 is 0 Å². The van der Waals surface area contributed by atoms with Crippen LogP contribution in [0.15, 0.2) is 6.07 Å². The number of aliphatic hydroxyl groups excluding tert-OH is 1. The molecule has 0 aliphatic carbocycles. The summed E-state index contributed by atoms with van der Waals surface area (Å²) >= 11 is 1.49. The van der Waals surface area contributed by atoms with Gasteiger partial charge in [-0.25, -0.2) is 0 Å². The highest BCUT2D eigenvalue weighted by Crippen LogP contribution is 2.21. The minimum Gasteiger partial charge on any atom is -0.389 e. The fourth-order valence-electron chi connectivity index (χ4n) is 1.82. The smallest absolute Gasteiger partial charge is 0.261 e. The summed E-state index contributed by atoms with van der Waals surface area (Å²) in [6, 6.07) is 1.69. The van der Waals surface area contributed by atoms with Crippen LogP contribution >= 0.6 is 11.3 Å². The maximum Gasteiger partial charge on any atom is 0.261 e. The molecule has 2 heterocycles. The van der Waals surface area contributed by atoms with E-state index in [-0.39, 0.29) is 11.9 Å². The van der Waals surface area contributed by atoms with E-state index < -0.39 is 6.10 Å². The monoisotopic (exact) mass is 255 g/mol. The maximum absolute atomic E-state index is 12.0. The van der Waals surface area contributed by atoms with Gasteiger partial charge in [-0.3, -0.25) is 4.79 Å². The van der Waals surface area contributed by atoms with Crippen LogP contribution in [-0.4, -0.2) is 36.4 Å². The SMILES string of the molecule is Cc1cc(C(=O)N[C@@H]2CCOC[C@H]2O)sc1C. The highest BCUT2D eigenvalue weighted by Gasteiger charge is 2.26. The third-order valence-corrected chi connectivity index (χ3v) is 4.18. The van der Waals surface area contributed by atoms with Gasteiger partial charge in [0.25, 0.3) is 5.91 Å². The number of aryl methyl sites for hydroxylation is 2. The first-order chi connectivity index (χ1) is 8.08. The first-order valence-electron chi connectivity index (χ1n) is 5.71. The molecule has 17 heavy (non-hydrogen) atoms. The Kier molecular flexibility index (Phi) is 3.81. The van der Waals surface area contributed by atoms with Crippen LogP contribution in [0.3, 0.4) is 0 Å². The topological polar surface area (TPSA) is 58.6 Å². The molecule has 0 saturated carbocycles. The van der Waals surface area contributed by atoms with Crippen molar-refractivity contribution in [1.29, 1.82) is 0 Å². The molecule has 1 amide bonds. The predicted octanol–water partition coefficient (Wildman–Crippen LogP) is 1.24. The molecule has 1 aliphatic rings. The van der Waals surface area contributed by atoms with E-state index in [0.717, 1.165) is 10.4 Å². The molecule has 1 aliphatic heterocycles.